The molecule has 96 valence electrons. The van der Waals surface area contributed by atoms with E-state index in [0.717, 1.165) is 0 Å². The van der Waals surface area contributed by atoms with Crippen molar-refractivity contribution in [2.24, 2.45) is 11.5 Å². The molecule has 0 aliphatic rings. The molecule has 0 fully saturated rings. The molecule has 0 unspecified atom stereocenters. The Kier molecular flexibility index (Phi) is 3.29. The van der Waals surface area contributed by atoms with Crippen molar-refractivity contribution in [3.8, 4) is 11.1 Å². The van der Waals surface area contributed by atoms with Gasteiger partial charge in [0.05, 0.1) is 0 Å². The summed E-state index contributed by atoms with van der Waals surface area (Å²) in [7, 11) is 0. The Balaban J connectivity index is 2.83. The normalized spacial score (nSPS) is 10.2. The highest BCUT2D eigenvalue weighted by Crippen LogP contribution is 2.29. The van der Waals surface area contributed by atoms with Gasteiger partial charge in [0.1, 0.15) is 5.82 Å². The van der Waals surface area contributed by atoms with E-state index in [1.54, 1.807) is 6.07 Å². The molecule has 0 bridgehead atoms. The van der Waals surface area contributed by atoms with Crippen molar-refractivity contribution in [2.75, 3.05) is 0 Å². The van der Waals surface area contributed by atoms with Crippen molar-refractivity contribution in [1.82, 2.24) is 0 Å². The van der Waals surface area contributed by atoms with E-state index in [2.05, 4.69) is 0 Å². The second kappa shape index (κ2) is 4.89. The van der Waals surface area contributed by atoms with Crippen LogP contribution in [0.25, 0.3) is 11.1 Å². The quantitative estimate of drug-likeness (QED) is 0.877. The van der Waals surface area contributed by atoms with E-state index < -0.39 is 17.6 Å². The van der Waals surface area contributed by atoms with Crippen molar-refractivity contribution in [1.29, 1.82) is 0 Å². The van der Waals surface area contributed by atoms with Crippen molar-refractivity contribution >= 4 is 11.8 Å². The lowest BCUT2D eigenvalue weighted by atomic mass is 9.93. The standard InChI is InChI=1S/C14H11FN2O2/c15-11-7-2-1-4-8(11)12-9(13(16)18)5-3-6-10(12)14(17)19/h1-7H,(H2,16,18)(H2,17,19). The zero-order valence-corrected chi connectivity index (χ0v) is 9.89. The number of rotatable bonds is 3. The molecule has 0 atom stereocenters. The summed E-state index contributed by atoms with van der Waals surface area (Å²) in [5.41, 5.74) is 10.9. The van der Waals surface area contributed by atoms with Crippen LogP contribution in [-0.2, 0) is 0 Å². The van der Waals surface area contributed by atoms with Gasteiger partial charge in [-0.2, -0.15) is 0 Å². The predicted octanol–water partition coefficient (Wildman–Crippen LogP) is 1.69. The summed E-state index contributed by atoms with van der Waals surface area (Å²) in [6.07, 6.45) is 0. The van der Waals surface area contributed by atoms with E-state index in [4.69, 9.17) is 11.5 Å². The average Bonchev–Trinajstić information content (AvgIpc) is 2.38. The Morgan fingerprint density at radius 3 is 1.84 bits per heavy atom. The molecule has 2 aromatic rings. The second-order valence-corrected chi connectivity index (χ2v) is 3.94. The predicted molar refractivity (Wildman–Crippen MR) is 68.9 cm³/mol. The molecule has 4 N–H and O–H groups in total. The Labute approximate surface area is 108 Å². The molecule has 0 aliphatic carbocycles. The maximum Gasteiger partial charge on any atom is 0.249 e. The molecule has 0 radical (unpaired) electrons. The smallest absolute Gasteiger partial charge is 0.249 e. The van der Waals surface area contributed by atoms with Gasteiger partial charge in [0, 0.05) is 22.3 Å². The topological polar surface area (TPSA) is 86.2 Å². The highest BCUT2D eigenvalue weighted by molar-refractivity contribution is 6.08. The third-order valence-corrected chi connectivity index (χ3v) is 2.74. The summed E-state index contributed by atoms with van der Waals surface area (Å²) < 4.78 is 13.9. The number of nitrogens with two attached hydrogens (primary N) is 2. The molecule has 4 nitrogen and oxygen atoms in total. The molecule has 0 aliphatic heterocycles. The van der Waals surface area contributed by atoms with E-state index in [0.29, 0.717) is 0 Å². The number of amides is 2. The van der Waals surface area contributed by atoms with Crippen LogP contribution < -0.4 is 11.5 Å². The number of hydrogen-bond acceptors (Lipinski definition) is 2. The van der Waals surface area contributed by atoms with E-state index in [1.807, 2.05) is 0 Å². The largest absolute Gasteiger partial charge is 0.366 e. The van der Waals surface area contributed by atoms with Gasteiger partial charge >= 0.3 is 0 Å². The average molecular weight is 258 g/mol. The summed E-state index contributed by atoms with van der Waals surface area (Å²) in [6, 6.07) is 10.1. The van der Waals surface area contributed by atoms with Crippen LogP contribution in [0, 0.1) is 5.82 Å². The third-order valence-electron chi connectivity index (χ3n) is 2.74. The first-order chi connectivity index (χ1) is 9.02. The van der Waals surface area contributed by atoms with Gasteiger partial charge in [-0.05, 0) is 18.2 Å². The van der Waals surface area contributed by atoms with E-state index in [-0.39, 0.29) is 22.3 Å². The molecule has 0 saturated carbocycles. The number of primary amides is 2. The molecule has 2 amide bonds. The zero-order chi connectivity index (χ0) is 14.0. The molecule has 0 aromatic heterocycles. The second-order valence-electron chi connectivity index (χ2n) is 3.94. The number of carbonyl (C=O) groups excluding carboxylic acids is 2. The van der Waals surface area contributed by atoms with Crippen LogP contribution in [0.4, 0.5) is 4.39 Å². The lowest BCUT2D eigenvalue weighted by molar-refractivity contribution is 0.0999. The summed E-state index contributed by atoms with van der Waals surface area (Å²) in [4.78, 5) is 22.9. The van der Waals surface area contributed by atoms with Crippen LogP contribution in [0.1, 0.15) is 20.7 Å². The van der Waals surface area contributed by atoms with E-state index >= 15 is 0 Å². The van der Waals surface area contributed by atoms with Gasteiger partial charge in [0.2, 0.25) is 11.8 Å². The SMILES string of the molecule is NC(=O)c1cccc(C(N)=O)c1-c1ccccc1F. The molecule has 2 rings (SSSR count). The summed E-state index contributed by atoms with van der Waals surface area (Å²) >= 11 is 0. The molecule has 2 aromatic carbocycles. The lowest BCUT2D eigenvalue weighted by Gasteiger charge is -2.11. The Hall–Kier alpha value is -2.69. The Morgan fingerprint density at radius 2 is 1.37 bits per heavy atom. The minimum absolute atomic E-state index is 0.0569. The van der Waals surface area contributed by atoms with E-state index in [9.17, 15) is 14.0 Å². The first kappa shape index (κ1) is 12.8. The number of halogens is 1. The summed E-state index contributed by atoms with van der Waals surface area (Å²) in [5, 5.41) is 0. The molecule has 19 heavy (non-hydrogen) atoms. The van der Waals surface area contributed by atoms with E-state index in [1.165, 1.54) is 36.4 Å². The fraction of sp³-hybridized carbons (Fsp3) is 0. The van der Waals surface area contributed by atoms with Gasteiger partial charge in [-0.25, -0.2) is 4.39 Å². The van der Waals surface area contributed by atoms with Crippen LogP contribution in [0.2, 0.25) is 0 Å². The molecule has 0 saturated heterocycles. The first-order valence-electron chi connectivity index (χ1n) is 5.50. The molecule has 0 heterocycles. The van der Waals surface area contributed by atoms with Crippen molar-refractivity contribution in [2.45, 2.75) is 0 Å². The van der Waals surface area contributed by atoms with Gasteiger partial charge in [-0.1, -0.05) is 24.3 Å². The van der Waals surface area contributed by atoms with Crippen molar-refractivity contribution in [3.05, 3.63) is 59.4 Å². The molecule has 0 spiro atoms. The van der Waals surface area contributed by atoms with Crippen molar-refractivity contribution < 1.29 is 14.0 Å². The monoisotopic (exact) mass is 258 g/mol. The van der Waals surface area contributed by atoms with Gasteiger partial charge < -0.3 is 11.5 Å². The number of hydrogen-bond donors (Lipinski definition) is 2. The van der Waals surface area contributed by atoms with Gasteiger partial charge in [0.15, 0.2) is 0 Å². The van der Waals surface area contributed by atoms with Crippen LogP contribution in [0.5, 0.6) is 0 Å². The fourth-order valence-electron chi connectivity index (χ4n) is 1.92. The van der Waals surface area contributed by atoms with Crippen LogP contribution in [0.3, 0.4) is 0 Å². The third kappa shape index (κ3) is 2.30. The number of carbonyl (C=O) groups is 2. The van der Waals surface area contributed by atoms with Gasteiger partial charge in [-0.15, -0.1) is 0 Å². The van der Waals surface area contributed by atoms with Crippen LogP contribution >= 0.6 is 0 Å². The zero-order valence-electron chi connectivity index (χ0n) is 9.89. The lowest BCUT2D eigenvalue weighted by Crippen LogP contribution is -2.18. The summed E-state index contributed by atoms with van der Waals surface area (Å²) in [5.74, 6) is -2.05. The maximum absolute atomic E-state index is 13.9. The van der Waals surface area contributed by atoms with Crippen molar-refractivity contribution in [3.63, 3.8) is 0 Å². The van der Waals surface area contributed by atoms with Crippen LogP contribution in [0.15, 0.2) is 42.5 Å². The van der Waals surface area contributed by atoms with Crippen LogP contribution in [-0.4, -0.2) is 11.8 Å². The molecular formula is C14H11FN2O2. The molecular weight excluding hydrogens is 247 g/mol. The Morgan fingerprint density at radius 1 is 0.842 bits per heavy atom. The minimum Gasteiger partial charge on any atom is -0.366 e. The van der Waals surface area contributed by atoms with Gasteiger partial charge in [0.25, 0.3) is 0 Å². The Bertz CT molecular complexity index is 636. The van der Waals surface area contributed by atoms with Gasteiger partial charge in [-0.3, -0.25) is 9.59 Å². The highest BCUT2D eigenvalue weighted by atomic mass is 19.1. The molecule has 5 heteroatoms. The highest BCUT2D eigenvalue weighted by Gasteiger charge is 2.19. The number of benzene rings is 2. The first-order valence-corrected chi connectivity index (χ1v) is 5.50. The fourth-order valence-corrected chi connectivity index (χ4v) is 1.92. The maximum atomic E-state index is 13.9. The minimum atomic E-state index is -0.749. The summed E-state index contributed by atoms with van der Waals surface area (Å²) in [6.45, 7) is 0.